The van der Waals surface area contributed by atoms with Crippen LogP contribution in [0.5, 0.6) is 0 Å². The molecule has 1 heterocycles. The van der Waals surface area contributed by atoms with Crippen LogP contribution >= 0.6 is 0 Å². The maximum Gasteiger partial charge on any atom is 0.268 e. The van der Waals surface area contributed by atoms with Gasteiger partial charge in [-0.3, -0.25) is 4.79 Å². The van der Waals surface area contributed by atoms with Gasteiger partial charge in [0, 0.05) is 12.7 Å². The number of amides is 1. The van der Waals surface area contributed by atoms with Crippen LogP contribution in [0.15, 0.2) is 24.9 Å². The molecular formula is C9H12N2O. The number of hydrogen-bond donors (Lipinski definition) is 2. The Labute approximate surface area is 71.5 Å². The molecule has 1 aromatic heterocycles. The lowest BCUT2D eigenvalue weighted by Crippen LogP contribution is -2.24. The molecule has 0 spiro atoms. The molecule has 0 fully saturated rings. The summed E-state index contributed by atoms with van der Waals surface area (Å²) in [6, 6.07) is 1.86. The quantitative estimate of drug-likeness (QED) is 0.648. The van der Waals surface area contributed by atoms with Gasteiger partial charge < -0.3 is 10.3 Å². The Morgan fingerprint density at radius 2 is 2.58 bits per heavy atom. The first kappa shape index (κ1) is 8.59. The molecule has 64 valence electrons. The molecule has 0 aliphatic carbocycles. The zero-order valence-electron chi connectivity index (χ0n) is 7.05. The van der Waals surface area contributed by atoms with E-state index in [4.69, 9.17) is 0 Å². The van der Waals surface area contributed by atoms with Gasteiger partial charge in [0.15, 0.2) is 0 Å². The van der Waals surface area contributed by atoms with Crippen molar-refractivity contribution in [2.45, 2.75) is 6.92 Å². The number of hydrogen-bond acceptors (Lipinski definition) is 1. The predicted octanol–water partition coefficient (Wildman–Crippen LogP) is 1.24. The van der Waals surface area contributed by atoms with E-state index < -0.39 is 0 Å². The third kappa shape index (κ3) is 1.75. The van der Waals surface area contributed by atoms with Crippen LogP contribution in [0.2, 0.25) is 0 Å². The summed E-state index contributed by atoms with van der Waals surface area (Å²) >= 11 is 0. The van der Waals surface area contributed by atoms with Gasteiger partial charge in [0.05, 0.1) is 0 Å². The van der Waals surface area contributed by atoms with E-state index in [0.29, 0.717) is 12.2 Å². The van der Waals surface area contributed by atoms with E-state index in [1.807, 2.05) is 13.0 Å². The molecule has 0 aliphatic heterocycles. The Morgan fingerprint density at radius 3 is 3.08 bits per heavy atom. The highest BCUT2D eigenvalue weighted by Crippen LogP contribution is 2.03. The van der Waals surface area contributed by atoms with Crippen LogP contribution in [-0.2, 0) is 0 Å². The smallest absolute Gasteiger partial charge is 0.268 e. The zero-order chi connectivity index (χ0) is 8.97. The second-order valence-electron chi connectivity index (χ2n) is 2.53. The molecule has 1 rings (SSSR count). The van der Waals surface area contributed by atoms with E-state index in [9.17, 15) is 4.79 Å². The van der Waals surface area contributed by atoms with Gasteiger partial charge in [-0.2, -0.15) is 0 Å². The van der Waals surface area contributed by atoms with Gasteiger partial charge in [-0.1, -0.05) is 6.08 Å². The minimum absolute atomic E-state index is 0.0857. The van der Waals surface area contributed by atoms with Gasteiger partial charge in [0.1, 0.15) is 5.69 Å². The highest BCUT2D eigenvalue weighted by molar-refractivity contribution is 5.93. The van der Waals surface area contributed by atoms with Crippen LogP contribution in [-0.4, -0.2) is 17.4 Å². The Kier molecular flexibility index (Phi) is 2.69. The van der Waals surface area contributed by atoms with E-state index in [0.717, 1.165) is 5.56 Å². The first-order valence-corrected chi connectivity index (χ1v) is 3.78. The molecule has 3 nitrogen and oxygen atoms in total. The monoisotopic (exact) mass is 164 g/mol. The number of aromatic nitrogens is 1. The highest BCUT2D eigenvalue weighted by Gasteiger charge is 2.07. The Morgan fingerprint density at radius 1 is 1.83 bits per heavy atom. The van der Waals surface area contributed by atoms with Crippen LogP contribution in [0.4, 0.5) is 0 Å². The lowest BCUT2D eigenvalue weighted by atomic mass is 10.2. The number of nitrogens with one attached hydrogen (secondary N) is 2. The summed E-state index contributed by atoms with van der Waals surface area (Å²) in [7, 11) is 0. The van der Waals surface area contributed by atoms with Crippen molar-refractivity contribution in [1.82, 2.24) is 10.3 Å². The summed E-state index contributed by atoms with van der Waals surface area (Å²) in [6.07, 6.45) is 3.40. The molecule has 0 saturated carbocycles. The normalized spacial score (nSPS) is 9.42. The highest BCUT2D eigenvalue weighted by atomic mass is 16.1. The summed E-state index contributed by atoms with van der Waals surface area (Å²) < 4.78 is 0. The van der Waals surface area contributed by atoms with Gasteiger partial charge in [-0.25, -0.2) is 0 Å². The maximum absolute atomic E-state index is 11.3. The van der Waals surface area contributed by atoms with Crippen LogP contribution in [0.25, 0.3) is 0 Å². The molecule has 0 saturated heterocycles. The van der Waals surface area contributed by atoms with Crippen LogP contribution < -0.4 is 5.32 Å². The molecule has 0 unspecified atom stereocenters. The number of aromatic amines is 1. The van der Waals surface area contributed by atoms with Gasteiger partial charge in [0.25, 0.3) is 5.91 Å². The third-order valence-electron chi connectivity index (χ3n) is 1.59. The van der Waals surface area contributed by atoms with Crippen LogP contribution in [0.1, 0.15) is 16.1 Å². The van der Waals surface area contributed by atoms with Crippen molar-refractivity contribution in [3.63, 3.8) is 0 Å². The molecule has 1 aromatic rings. The third-order valence-corrected chi connectivity index (χ3v) is 1.59. The molecule has 0 aliphatic rings. The Hall–Kier alpha value is -1.51. The summed E-state index contributed by atoms with van der Waals surface area (Å²) in [5.74, 6) is -0.0857. The van der Waals surface area contributed by atoms with Crippen LogP contribution in [0, 0.1) is 6.92 Å². The van der Waals surface area contributed by atoms with Gasteiger partial charge in [-0.05, 0) is 18.6 Å². The van der Waals surface area contributed by atoms with Crippen molar-refractivity contribution in [2.24, 2.45) is 0 Å². The maximum atomic E-state index is 11.3. The predicted molar refractivity (Wildman–Crippen MR) is 48.1 cm³/mol. The summed E-state index contributed by atoms with van der Waals surface area (Å²) in [5.41, 5.74) is 1.58. The minimum Gasteiger partial charge on any atom is -0.357 e. The van der Waals surface area contributed by atoms with Gasteiger partial charge >= 0.3 is 0 Å². The molecule has 0 bridgehead atoms. The number of aryl methyl sites for hydroxylation is 1. The molecule has 0 aromatic carbocycles. The molecular weight excluding hydrogens is 152 g/mol. The van der Waals surface area contributed by atoms with E-state index >= 15 is 0 Å². The standard InChI is InChI=1S/C9H12N2O/c1-3-5-11-9(12)8-7(2)4-6-10-8/h3-4,6,10H,1,5H2,2H3,(H,11,12). The average molecular weight is 164 g/mol. The molecule has 0 radical (unpaired) electrons. The summed E-state index contributed by atoms with van der Waals surface area (Å²) in [5, 5.41) is 2.69. The molecule has 3 heteroatoms. The molecule has 12 heavy (non-hydrogen) atoms. The van der Waals surface area contributed by atoms with Crippen LogP contribution in [0.3, 0.4) is 0 Å². The lowest BCUT2D eigenvalue weighted by molar-refractivity contribution is 0.0953. The fourth-order valence-electron chi connectivity index (χ4n) is 0.945. The van der Waals surface area contributed by atoms with Crippen molar-refractivity contribution in [2.75, 3.05) is 6.54 Å². The Balaban J connectivity index is 2.65. The van der Waals surface area contributed by atoms with E-state index in [-0.39, 0.29) is 5.91 Å². The molecule has 2 N–H and O–H groups in total. The number of H-pyrrole nitrogens is 1. The van der Waals surface area contributed by atoms with Crippen molar-refractivity contribution < 1.29 is 4.79 Å². The SMILES string of the molecule is C=CCNC(=O)c1[nH]ccc1C. The van der Waals surface area contributed by atoms with Crippen molar-refractivity contribution in [3.8, 4) is 0 Å². The first-order chi connectivity index (χ1) is 5.75. The number of carbonyl (C=O) groups is 1. The topological polar surface area (TPSA) is 44.9 Å². The first-order valence-electron chi connectivity index (χ1n) is 3.78. The van der Waals surface area contributed by atoms with Crippen molar-refractivity contribution >= 4 is 5.91 Å². The van der Waals surface area contributed by atoms with E-state index in [1.165, 1.54) is 0 Å². The minimum atomic E-state index is -0.0857. The second kappa shape index (κ2) is 3.76. The largest absolute Gasteiger partial charge is 0.357 e. The van der Waals surface area contributed by atoms with Gasteiger partial charge in [-0.15, -0.1) is 6.58 Å². The van der Waals surface area contributed by atoms with E-state index in [2.05, 4.69) is 16.9 Å². The average Bonchev–Trinajstić information content (AvgIpc) is 2.47. The molecule has 1 amide bonds. The van der Waals surface area contributed by atoms with E-state index in [1.54, 1.807) is 12.3 Å². The molecule has 0 atom stereocenters. The second-order valence-corrected chi connectivity index (χ2v) is 2.53. The fraction of sp³-hybridized carbons (Fsp3) is 0.222. The summed E-state index contributed by atoms with van der Waals surface area (Å²) in [4.78, 5) is 14.2. The number of rotatable bonds is 3. The lowest BCUT2D eigenvalue weighted by Gasteiger charge is -2.00. The summed E-state index contributed by atoms with van der Waals surface area (Å²) in [6.45, 7) is 5.90. The number of carbonyl (C=O) groups excluding carboxylic acids is 1. The Bertz CT molecular complexity index is 288. The zero-order valence-corrected chi connectivity index (χ0v) is 7.05. The fourth-order valence-corrected chi connectivity index (χ4v) is 0.945. The van der Waals surface area contributed by atoms with Crippen molar-refractivity contribution in [1.29, 1.82) is 0 Å². The van der Waals surface area contributed by atoms with Crippen molar-refractivity contribution in [3.05, 3.63) is 36.2 Å². The van der Waals surface area contributed by atoms with Gasteiger partial charge in [0.2, 0.25) is 0 Å².